The maximum absolute atomic E-state index is 9.75. The quantitative estimate of drug-likeness (QED) is 0.759. The van der Waals surface area contributed by atoms with Crippen LogP contribution in [0, 0.1) is 0 Å². The predicted molar refractivity (Wildman–Crippen MR) is 82.9 cm³/mol. The van der Waals surface area contributed by atoms with Gasteiger partial charge in [-0.2, -0.15) is 0 Å². The summed E-state index contributed by atoms with van der Waals surface area (Å²) in [6.07, 6.45) is 0. The number of nitrogens with one attached hydrogen (secondary N) is 1. The van der Waals surface area contributed by atoms with Crippen molar-refractivity contribution < 1.29 is 19.7 Å². The van der Waals surface area contributed by atoms with Crippen LogP contribution >= 0.6 is 0 Å². The molecular weight excluding hydrogens is 282 g/mol. The van der Waals surface area contributed by atoms with E-state index in [-0.39, 0.29) is 17.4 Å². The van der Waals surface area contributed by atoms with Gasteiger partial charge in [0.1, 0.15) is 0 Å². The molecule has 1 aliphatic heterocycles. The van der Waals surface area contributed by atoms with Crippen molar-refractivity contribution in [3.8, 4) is 23.0 Å². The molecule has 0 radical (unpaired) electrons. The first-order valence-electron chi connectivity index (χ1n) is 7.12. The molecule has 0 saturated carbocycles. The third-order valence-electron chi connectivity index (χ3n) is 4.11. The molecular formula is C17H19NO4. The van der Waals surface area contributed by atoms with Crippen molar-refractivity contribution in [1.29, 1.82) is 0 Å². The van der Waals surface area contributed by atoms with E-state index >= 15 is 0 Å². The van der Waals surface area contributed by atoms with Crippen LogP contribution in [-0.4, -0.2) is 31.0 Å². The van der Waals surface area contributed by atoms with Gasteiger partial charge in [0.05, 0.1) is 14.2 Å². The van der Waals surface area contributed by atoms with Gasteiger partial charge >= 0.3 is 0 Å². The number of ether oxygens (including phenoxy) is 2. The second-order valence-corrected chi connectivity index (χ2v) is 5.30. The molecule has 116 valence electrons. The molecule has 1 unspecified atom stereocenters. The lowest BCUT2D eigenvalue weighted by molar-refractivity contribution is 0.348. The summed E-state index contributed by atoms with van der Waals surface area (Å²) in [7, 11) is 3.25. The fourth-order valence-electron chi connectivity index (χ4n) is 3.02. The van der Waals surface area contributed by atoms with Crippen LogP contribution in [0.15, 0.2) is 30.3 Å². The number of fused-ring (bicyclic) bond motifs is 1. The fourth-order valence-corrected chi connectivity index (χ4v) is 3.02. The van der Waals surface area contributed by atoms with E-state index in [0.717, 1.165) is 29.0 Å². The van der Waals surface area contributed by atoms with Crippen molar-refractivity contribution in [1.82, 2.24) is 5.32 Å². The predicted octanol–water partition coefficient (Wildman–Crippen LogP) is 2.35. The van der Waals surface area contributed by atoms with Gasteiger partial charge in [0.2, 0.25) is 0 Å². The van der Waals surface area contributed by atoms with E-state index in [1.54, 1.807) is 20.3 Å². The Bertz CT molecular complexity index is 699. The Morgan fingerprint density at radius 3 is 2.55 bits per heavy atom. The first-order chi connectivity index (χ1) is 10.7. The van der Waals surface area contributed by atoms with Gasteiger partial charge in [-0.15, -0.1) is 0 Å². The van der Waals surface area contributed by atoms with Crippen LogP contribution in [-0.2, 0) is 6.54 Å². The highest BCUT2D eigenvalue weighted by Crippen LogP contribution is 2.41. The van der Waals surface area contributed by atoms with Crippen LogP contribution < -0.4 is 14.8 Å². The van der Waals surface area contributed by atoms with Gasteiger partial charge in [-0.3, -0.25) is 0 Å². The Kier molecular flexibility index (Phi) is 3.81. The van der Waals surface area contributed by atoms with Crippen molar-refractivity contribution in [3.63, 3.8) is 0 Å². The molecule has 3 N–H and O–H groups in total. The zero-order valence-electron chi connectivity index (χ0n) is 12.6. The van der Waals surface area contributed by atoms with E-state index in [1.165, 1.54) is 6.07 Å². The zero-order valence-corrected chi connectivity index (χ0v) is 12.6. The number of phenols is 2. The molecule has 2 aromatic carbocycles. The van der Waals surface area contributed by atoms with E-state index in [2.05, 4.69) is 5.32 Å². The van der Waals surface area contributed by atoms with Crippen molar-refractivity contribution in [2.75, 3.05) is 20.8 Å². The normalized spacial score (nSPS) is 16.9. The molecule has 0 spiro atoms. The summed E-state index contributed by atoms with van der Waals surface area (Å²) in [5.41, 5.74) is 3.14. The second kappa shape index (κ2) is 5.77. The third kappa shape index (κ3) is 2.33. The van der Waals surface area contributed by atoms with Gasteiger partial charge in [0.25, 0.3) is 0 Å². The van der Waals surface area contributed by atoms with Crippen molar-refractivity contribution in [2.45, 2.75) is 12.5 Å². The number of hydrogen-bond acceptors (Lipinski definition) is 5. The van der Waals surface area contributed by atoms with E-state index in [0.29, 0.717) is 12.3 Å². The second-order valence-electron chi connectivity index (χ2n) is 5.30. The summed E-state index contributed by atoms with van der Waals surface area (Å²) in [5.74, 6) is 1.30. The van der Waals surface area contributed by atoms with Crippen LogP contribution in [0.25, 0.3) is 0 Å². The lowest BCUT2D eigenvalue weighted by Crippen LogP contribution is -2.29. The van der Waals surface area contributed by atoms with E-state index in [4.69, 9.17) is 9.47 Å². The monoisotopic (exact) mass is 301 g/mol. The van der Waals surface area contributed by atoms with Crippen molar-refractivity contribution >= 4 is 0 Å². The molecule has 5 nitrogen and oxygen atoms in total. The highest BCUT2D eigenvalue weighted by Gasteiger charge is 2.26. The molecule has 2 aromatic rings. The molecule has 0 saturated heterocycles. The minimum absolute atomic E-state index is 0.0788. The molecule has 3 rings (SSSR count). The maximum Gasteiger partial charge on any atom is 0.165 e. The van der Waals surface area contributed by atoms with Crippen LogP contribution in [0.1, 0.15) is 22.6 Å². The SMILES string of the molecule is COc1ccc2c(c1OC)CNCC2c1ccc(O)c(O)c1. The molecule has 0 aromatic heterocycles. The first-order valence-corrected chi connectivity index (χ1v) is 7.12. The smallest absolute Gasteiger partial charge is 0.165 e. The fraction of sp³-hybridized carbons (Fsp3) is 0.294. The average molecular weight is 301 g/mol. The van der Waals surface area contributed by atoms with Crippen LogP contribution in [0.5, 0.6) is 23.0 Å². The molecule has 1 atom stereocenters. The molecule has 1 aliphatic rings. The van der Waals surface area contributed by atoms with Crippen LogP contribution in [0.2, 0.25) is 0 Å². The third-order valence-corrected chi connectivity index (χ3v) is 4.11. The Hall–Kier alpha value is -2.40. The summed E-state index contributed by atoms with van der Waals surface area (Å²) in [6.45, 7) is 1.46. The number of methoxy groups -OCH3 is 2. The number of benzene rings is 2. The number of aromatic hydroxyl groups is 2. The molecule has 1 heterocycles. The summed E-state index contributed by atoms with van der Waals surface area (Å²) in [5, 5.41) is 22.6. The highest BCUT2D eigenvalue weighted by atomic mass is 16.5. The van der Waals surface area contributed by atoms with Crippen molar-refractivity contribution in [2.24, 2.45) is 0 Å². The standard InChI is InChI=1S/C17H19NO4/c1-21-16-6-4-11-12(8-18-9-13(11)17(16)22-2)10-3-5-14(19)15(20)7-10/h3-7,12,18-20H,8-9H2,1-2H3. The summed E-state index contributed by atoms with van der Waals surface area (Å²) in [4.78, 5) is 0. The summed E-state index contributed by atoms with van der Waals surface area (Å²) in [6, 6.07) is 8.88. The minimum Gasteiger partial charge on any atom is -0.504 e. The lowest BCUT2D eigenvalue weighted by atomic mass is 9.85. The van der Waals surface area contributed by atoms with Gasteiger partial charge in [0, 0.05) is 24.6 Å². The topological polar surface area (TPSA) is 71.0 Å². The largest absolute Gasteiger partial charge is 0.504 e. The Morgan fingerprint density at radius 1 is 1.05 bits per heavy atom. The lowest BCUT2D eigenvalue weighted by Gasteiger charge is -2.29. The molecule has 0 aliphatic carbocycles. The maximum atomic E-state index is 9.75. The first kappa shape index (κ1) is 14.5. The molecule has 5 heteroatoms. The van der Waals surface area contributed by atoms with E-state index < -0.39 is 0 Å². The molecule has 0 bridgehead atoms. The highest BCUT2D eigenvalue weighted by molar-refractivity contribution is 5.55. The number of phenolic OH excluding ortho intramolecular Hbond substituents is 2. The zero-order chi connectivity index (χ0) is 15.7. The van der Waals surface area contributed by atoms with E-state index in [9.17, 15) is 10.2 Å². The molecule has 22 heavy (non-hydrogen) atoms. The van der Waals surface area contributed by atoms with Gasteiger partial charge in [0.15, 0.2) is 23.0 Å². The van der Waals surface area contributed by atoms with Crippen molar-refractivity contribution in [3.05, 3.63) is 47.0 Å². The van der Waals surface area contributed by atoms with E-state index in [1.807, 2.05) is 18.2 Å². The summed E-state index contributed by atoms with van der Waals surface area (Å²) < 4.78 is 10.9. The Morgan fingerprint density at radius 2 is 1.86 bits per heavy atom. The number of rotatable bonds is 3. The summed E-state index contributed by atoms with van der Waals surface area (Å²) >= 11 is 0. The minimum atomic E-state index is -0.111. The molecule has 0 amide bonds. The number of hydrogen-bond donors (Lipinski definition) is 3. The van der Waals surface area contributed by atoms with Gasteiger partial charge in [-0.05, 0) is 29.3 Å². The Labute approximate surface area is 129 Å². The van der Waals surface area contributed by atoms with Crippen LogP contribution in [0.3, 0.4) is 0 Å². The van der Waals surface area contributed by atoms with Crippen LogP contribution in [0.4, 0.5) is 0 Å². The van der Waals surface area contributed by atoms with Gasteiger partial charge < -0.3 is 25.0 Å². The van der Waals surface area contributed by atoms with Gasteiger partial charge in [-0.1, -0.05) is 12.1 Å². The van der Waals surface area contributed by atoms with Gasteiger partial charge in [-0.25, -0.2) is 0 Å². The average Bonchev–Trinajstić information content (AvgIpc) is 2.55. The molecule has 0 fully saturated rings. The Balaban J connectivity index is 2.10.